The molecular weight excluding hydrogens is 328 g/mol. The van der Waals surface area contributed by atoms with E-state index in [0.717, 1.165) is 5.56 Å². The van der Waals surface area contributed by atoms with Crippen molar-refractivity contribution >= 4 is 15.8 Å². The summed E-state index contributed by atoms with van der Waals surface area (Å²) in [5.41, 5.74) is 0.757. The Morgan fingerprint density at radius 3 is 2.21 bits per heavy atom. The van der Waals surface area contributed by atoms with Gasteiger partial charge in [-0.1, -0.05) is 30.3 Å². The lowest BCUT2D eigenvalue weighted by Crippen LogP contribution is -2.34. The summed E-state index contributed by atoms with van der Waals surface area (Å²) in [6, 6.07) is 15.0. The molecule has 0 amide bonds. The molecule has 0 fully saturated rings. The summed E-state index contributed by atoms with van der Waals surface area (Å²) < 4.78 is 35.8. The zero-order valence-electron chi connectivity index (χ0n) is 13.6. The second-order valence-electron chi connectivity index (χ2n) is 5.15. The maximum atomic E-state index is 12.9. The van der Waals surface area contributed by atoms with Gasteiger partial charge in [-0.15, -0.1) is 0 Å². The Morgan fingerprint density at radius 1 is 1.04 bits per heavy atom. The summed E-state index contributed by atoms with van der Waals surface area (Å²) >= 11 is 0. The maximum Gasteiger partial charge on any atom is 0.325 e. The Hall–Kier alpha value is -2.34. The molecule has 2 rings (SSSR count). The predicted molar refractivity (Wildman–Crippen MR) is 90.7 cm³/mol. The number of esters is 1. The number of carbonyl (C=O) groups excluding carboxylic acids is 1. The van der Waals surface area contributed by atoms with Gasteiger partial charge in [0, 0.05) is 6.42 Å². The number of methoxy groups -OCH3 is 1. The lowest BCUT2D eigenvalue weighted by molar-refractivity contribution is -0.142. The van der Waals surface area contributed by atoms with Crippen LogP contribution in [0.2, 0.25) is 0 Å². The van der Waals surface area contributed by atoms with Crippen LogP contribution in [-0.4, -0.2) is 33.4 Å². The third-order valence-corrected chi connectivity index (χ3v) is 5.61. The van der Waals surface area contributed by atoms with Crippen molar-refractivity contribution in [2.45, 2.75) is 23.5 Å². The molecule has 0 aliphatic rings. The number of ether oxygens (including phenoxy) is 2. The predicted octanol–water partition coefficient (Wildman–Crippen LogP) is 2.64. The average Bonchev–Trinajstić information content (AvgIpc) is 2.60. The fourth-order valence-corrected chi connectivity index (χ4v) is 3.89. The first-order chi connectivity index (χ1) is 11.5. The molecule has 0 heterocycles. The van der Waals surface area contributed by atoms with Crippen molar-refractivity contribution in [3.63, 3.8) is 0 Å². The van der Waals surface area contributed by atoms with Gasteiger partial charge in [0.2, 0.25) is 0 Å². The molecule has 0 unspecified atom stereocenters. The van der Waals surface area contributed by atoms with Crippen molar-refractivity contribution in [2.24, 2.45) is 0 Å². The number of benzene rings is 2. The Morgan fingerprint density at radius 2 is 1.67 bits per heavy atom. The van der Waals surface area contributed by atoms with Gasteiger partial charge < -0.3 is 9.47 Å². The fourth-order valence-electron chi connectivity index (χ4n) is 2.31. The van der Waals surface area contributed by atoms with Crippen LogP contribution >= 0.6 is 0 Å². The summed E-state index contributed by atoms with van der Waals surface area (Å²) in [5, 5.41) is -1.28. The first-order valence-corrected chi connectivity index (χ1v) is 9.12. The van der Waals surface area contributed by atoms with Crippen LogP contribution in [0.25, 0.3) is 0 Å². The summed E-state index contributed by atoms with van der Waals surface area (Å²) in [6.45, 7) is 1.78. The number of hydrogen-bond acceptors (Lipinski definition) is 5. The van der Waals surface area contributed by atoms with Crippen LogP contribution in [0.5, 0.6) is 5.75 Å². The first-order valence-electron chi connectivity index (χ1n) is 7.57. The smallest absolute Gasteiger partial charge is 0.325 e. The van der Waals surface area contributed by atoms with Gasteiger partial charge in [0.1, 0.15) is 5.75 Å². The van der Waals surface area contributed by atoms with Crippen LogP contribution < -0.4 is 4.74 Å². The third kappa shape index (κ3) is 4.14. The fraction of sp³-hybridized carbons (Fsp3) is 0.278. The largest absolute Gasteiger partial charge is 0.497 e. The highest BCUT2D eigenvalue weighted by Gasteiger charge is 2.35. The molecule has 2 aromatic rings. The molecule has 0 bridgehead atoms. The van der Waals surface area contributed by atoms with E-state index in [1.807, 2.05) is 6.07 Å². The van der Waals surface area contributed by atoms with E-state index in [4.69, 9.17) is 9.47 Å². The molecule has 0 N–H and O–H groups in total. The second-order valence-corrected chi connectivity index (χ2v) is 7.28. The lowest BCUT2D eigenvalue weighted by atomic mass is 10.1. The quantitative estimate of drug-likeness (QED) is 0.720. The molecule has 0 aliphatic carbocycles. The SMILES string of the molecule is CCOC(=O)[C@@H](Cc1ccccc1)S(=O)(=O)c1ccc(OC)cc1. The molecule has 5 nitrogen and oxygen atoms in total. The normalized spacial score (nSPS) is 12.4. The number of sulfone groups is 1. The minimum Gasteiger partial charge on any atom is -0.497 e. The van der Waals surface area contributed by atoms with E-state index >= 15 is 0 Å². The highest BCUT2D eigenvalue weighted by molar-refractivity contribution is 7.92. The van der Waals surface area contributed by atoms with Crippen LogP contribution in [-0.2, 0) is 25.8 Å². The van der Waals surface area contributed by atoms with E-state index in [-0.39, 0.29) is 17.9 Å². The Labute approximate surface area is 142 Å². The third-order valence-electron chi connectivity index (χ3n) is 3.58. The van der Waals surface area contributed by atoms with Gasteiger partial charge in [-0.25, -0.2) is 8.42 Å². The molecule has 0 aromatic heterocycles. The molecule has 0 saturated carbocycles. The van der Waals surface area contributed by atoms with Gasteiger partial charge in [0.25, 0.3) is 0 Å². The zero-order chi connectivity index (χ0) is 17.6. The highest BCUT2D eigenvalue weighted by Crippen LogP contribution is 2.23. The summed E-state index contributed by atoms with van der Waals surface area (Å²) in [4.78, 5) is 12.3. The average molecular weight is 348 g/mol. The summed E-state index contributed by atoms with van der Waals surface area (Å²) in [7, 11) is -2.38. The minimum atomic E-state index is -3.88. The van der Waals surface area contributed by atoms with Crippen LogP contribution in [0.1, 0.15) is 12.5 Å². The monoisotopic (exact) mass is 348 g/mol. The number of carbonyl (C=O) groups is 1. The molecule has 0 radical (unpaired) electrons. The van der Waals surface area contributed by atoms with Crippen LogP contribution in [0.4, 0.5) is 0 Å². The van der Waals surface area contributed by atoms with Gasteiger partial charge in [0.15, 0.2) is 15.1 Å². The molecule has 2 aromatic carbocycles. The van der Waals surface area contributed by atoms with Crippen molar-refractivity contribution in [3.8, 4) is 5.75 Å². The van der Waals surface area contributed by atoms with Crippen molar-refractivity contribution < 1.29 is 22.7 Å². The van der Waals surface area contributed by atoms with E-state index in [9.17, 15) is 13.2 Å². The first kappa shape index (κ1) is 18.0. The van der Waals surface area contributed by atoms with Crippen molar-refractivity contribution in [1.29, 1.82) is 0 Å². The molecule has 0 spiro atoms. The standard InChI is InChI=1S/C18H20O5S/c1-3-23-18(19)17(13-14-7-5-4-6-8-14)24(20,21)16-11-9-15(22-2)10-12-16/h4-12,17H,3,13H2,1-2H3/t17-/m1/s1. The van der Waals surface area contributed by atoms with Gasteiger partial charge in [-0.2, -0.15) is 0 Å². The second kappa shape index (κ2) is 7.97. The number of hydrogen-bond donors (Lipinski definition) is 0. The molecule has 128 valence electrons. The lowest BCUT2D eigenvalue weighted by Gasteiger charge is -2.17. The van der Waals surface area contributed by atoms with Crippen molar-refractivity contribution in [1.82, 2.24) is 0 Å². The Balaban J connectivity index is 2.38. The topological polar surface area (TPSA) is 69.7 Å². The maximum absolute atomic E-state index is 12.9. The zero-order valence-corrected chi connectivity index (χ0v) is 14.5. The van der Waals surface area contributed by atoms with Crippen LogP contribution in [0.15, 0.2) is 59.5 Å². The Kier molecular flexibility index (Phi) is 5.98. The molecule has 0 aliphatic heterocycles. The van der Waals surface area contributed by atoms with Crippen molar-refractivity contribution in [3.05, 3.63) is 60.2 Å². The van der Waals surface area contributed by atoms with E-state index in [1.54, 1.807) is 43.3 Å². The van der Waals surface area contributed by atoms with Crippen LogP contribution in [0.3, 0.4) is 0 Å². The van der Waals surface area contributed by atoms with E-state index in [0.29, 0.717) is 5.75 Å². The molecule has 6 heteroatoms. The van der Waals surface area contributed by atoms with E-state index in [1.165, 1.54) is 19.2 Å². The minimum absolute atomic E-state index is 0.0635. The highest BCUT2D eigenvalue weighted by atomic mass is 32.2. The van der Waals surface area contributed by atoms with Gasteiger partial charge in [-0.05, 0) is 36.8 Å². The Bertz CT molecular complexity index is 767. The van der Waals surface area contributed by atoms with Gasteiger partial charge in [-0.3, -0.25) is 4.79 Å². The van der Waals surface area contributed by atoms with Gasteiger partial charge >= 0.3 is 5.97 Å². The molecule has 1 atom stereocenters. The van der Waals surface area contributed by atoms with E-state index in [2.05, 4.69) is 0 Å². The van der Waals surface area contributed by atoms with Crippen LogP contribution in [0, 0.1) is 0 Å². The molecule has 0 saturated heterocycles. The number of rotatable bonds is 7. The molecule has 24 heavy (non-hydrogen) atoms. The molecular formula is C18H20O5S. The summed E-state index contributed by atoms with van der Waals surface area (Å²) in [5.74, 6) is -0.193. The van der Waals surface area contributed by atoms with Gasteiger partial charge in [0.05, 0.1) is 18.6 Å². The summed E-state index contributed by atoms with van der Waals surface area (Å²) in [6.07, 6.45) is 0.0635. The van der Waals surface area contributed by atoms with Crippen molar-refractivity contribution in [2.75, 3.05) is 13.7 Å². The van der Waals surface area contributed by atoms with E-state index < -0.39 is 21.1 Å².